The quantitative estimate of drug-likeness (QED) is 0.890. The molecule has 1 amide bonds. The number of hydrogen-bond acceptors (Lipinski definition) is 3. The highest BCUT2D eigenvalue weighted by molar-refractivity contribution is 5.96. The van der Waals surface area contributed by atoms with Gasteiger partial charge in [0.05, 0.1) is 5.56 Å². The largest absolute Gasteiger partial charge is 0.507 e. The topological polar surface area (TPSA) is 52.6 Å². The van der Waals surface area contributed by atoms with E-state index < -0.39 is 5.82 Å². The van der Waals surface area contributed by atoms with Crippen molar-refractivity contribution < 1.29 is 14.3 Å². The monoisotopic (exact) mass is 280 g/mol. The van der Waals surface area contributed by atoms with Gasteiger partial charge in [-0.25, -0.2) is 4.39 Å². The van der Waals surface area contributed by atoms with Crippen molar-refractivity contribution in [3.05, 3.63) is 29.6 Å². The van der Waals surface area contributed by atoms with E-state index in [0.717, 1.165) is 32.0 Å². The Morgan fingerprint density at radius 1 is 1.45 bits per heavy atom. The summed E-state index contributed by atoms with van der Waals surface area (Å²) >= 11 is 0. The summed E-state index contributed by atoms with van der Waals surface area (Å²) in [6, 6.07) is 3.43. The molecule has 20 heavy (non-hydrogen) atoms. The lowest BCUT2D eigenvalue weighted by molar-refractivity contribution is 0.0889. The van der Waals surface area contributed by atoms with E-state index in [2.05, 4.69) is 24.2 Å². The van der Waals surface area contributed by atoms with Crippen LogP contribution in [0, 0.1) is 11.2 Å². The van der Waals surface area contributed by atoms with Crippen molar-refractivity contribution in [2.24, 2.45) is 5.41 Å². The van der Waals surface area contributed by atoms with Gasteiger partial charge in [-0.3, -0.25) is 4.79 Å². The minimum absolute atomic E-state index is 0.0812. The van der Waals surface area contributed by atoms with Crippen LogP contribution in [0.5, 0.6) is 5.75 Å². The number of carbonyl (C=O) groups is 1. The fourth-order valence-corrected chi connectivity index (χ4v) is 2.42. The normalized spacial score (nSPS) is 18.8. The Morgan fingerprint density at radius 2 is 2.10 bits per heavy atom. The summed E-state index contributed by atoms with van der Waals surface area (Å²) in [5.74, 6) is -1.24. The van der Waals surface area contributed by atoms with Crippen molar-refractivity contribution >= 4 is 5.91 Å². The molecule has 0 saturated carbocycles. The Labute approximate surface area is 118 Å². The number of nitrogens with zero attached hydrogens (tertiary/aromatic N) is 1. The van der Waals surface area contributed by atoms with Crippen molar-refractivity contribution in [1.29, 1.82) is 0 Å². The SMILES string of the molecule is CN1CCC(C)(CNC(=O)c2ccc(F)cc2O)CC1. The Bertz CT molecular complexity index is 497. The second-order valence-electron chi connectivity index (χ2n) is 5.96. The third kappa shape index (κ3) is 3.48. The standard InChI is InChI=1S/C15H21FN2O2/c1-15(5-7-18(2)8-6-15)10-17-14(20)12-4-3-11(16)9-13(12)19/h3-4,9,19H,5-8,10H2,1-2H3,(H,17,20). The number of amides is 1. The number of nitrogens with one attached hydrogen (secondary N) is 1. The molecule has 4 nitrogen and oxygen atoms in total. The lowest BCUT2D eigenvalue weighted by atomic mass is 9.80. The second-order valence-corrected chi connectivity index (χ2v) is 5.96. The van der Waals surface area contributed by atoms with Crippen molar-refractivity contribution in [3.63, 3.8) is 0 Å². The lowest BCUT2D eigenvalue weighted by Crippen LogP contribution is -2.43. The van der Waals surface area contributed by atoms with Crippen LogP contribution in [0.4, 0.5) is 4.39 Å². The number of phenols is 1. The molecule has 1 saturated heterocycles. The number of benzene rings is 1. The van der Waals surface area contributed by atoms with E-state index in [4.69, 9.17) is 0 Å². The molecule has 5 heteroatoms. The van der Waals surface area contributed by atoms with Crippen LogP contribution in [0.15, 0.2) is 18.2 Å². The first-order valence-corrected chi connectivity index (χ1v) is 6.85. The van der Waals surface area contributed by atoms with Crippen molar-refractivity contribution in [3.8, 4) is 5.75 Å². The number of carbonyl (C=O) groups excluding carboxylic acids is 1. The first kappa shape index (κ1) is 14.8. The zero-order chi connectivity index (χ0) is 14.8. The molecule has 1 aromatic rings. The Kier molecular flexibility index (Phi) is 4.28. The molecule has 1 heterocycles. The highest BCUT2D eigenvalue weighted by atomic mass is 19.1. The molecule has 1 aliphatic rings. The maximum Gasteiger partial charge on any atom is 0.255 e. The van der Waals surface area contributed by atoms with E-state index in [-0.39, 0.29) is 22.6 Å². The molecule has 1 fully saturated rings. The molecule has 110 valence electrons. The maximum atomic E-state index is 12.9. The van der Waals surface area contributed by atoms with Gasteiger partial charge in [0.1, 0.15) is 11.6 Å². The van der Waals surface area contributed by atoms with Crippen molar-refractivity contribution in [1.82, 2.24) is 10.2 Å². The minimum Gasteiger partial charge on any atom is -0.507 e. The molecular formula is C15H21FN2O2. The van der Waals surface area contributed by atoms with E-state index in [9.17, 15) is 14.3 Å². The highest BCUT2D eigenvalue weighted by Gasteiger charge is 2.29. The van der Waals surface area contributed by atoms with Crippen molar-refractivity contribution in [2.45, 2.75) is 19.8 Å². The molecule has 2 N–H and O–H groups in total. The smallest absolute Gasteiger partial charge is 0.255 e. The van der Waals surface area contributed by atoms with E-state index in [1.54, 1.807) is 0 Å². The minimum atomic E-state index is -0.554. The number of hydrogen-bond donors (Lipinski definition) is 2. The zero-order valence-corrected chi connectivity index (χ0v) is 11.9. The summed E-state index contributed by atoms with van der Waals surface area (Å²) in [5.41, 5.74) is 0.195. The maximum absolute atomic E-state index is 12.9. The van der Waals surface area contributed by atoms with Gasteiger partial charge in [0.15, 0.2) is 0 Å². The van der Waals surface area contributed by atoms with Crippen LogP contribution in [-0.4, -0.2) is 42.6 Å². The first-order chi connectivity index (χ1) is 9.39. The molecule has 0 unspecified atom stereocenters. The fourth-order valence-electron chi connectivity index (χ4n) is 2.42. The fraction of sp³-hybridized carbons (Fsp3) is 0.533. The number of rotatable bonds is 3. The predicted molar refractivity (Wildman–Crippen MR) is 75.2 cm³/mol. The highest BCUT2D eigenvalue weighted by Crippen LogP contribution is 2.29. The van der Waals surface area contributed by atoms with Gasteiger partial charge >= 0.3 is 0 Å². The van der Waals surface area contributed by atoms with Gasteiger partial charge in [-0.2, -0.15) is 0 Å². The van der Waals surface area contributed by atoms with Crippen LogP contribution >= 0.6 is 0 Å². The number of phenolic OH excluding ortho intramolecular Hbond substituents is 1. The van der Waals surface area contributed by atoms with Crippen LogP contribution in [0.1, 0.15) is 30.1 Å². The van der Waals surface area contributed by atoms with Crippen molar-refractivity contribution in [2.75, 3.05) is 26.7 Å². The molecule has 1 aromatic carbocycles. The van der Waals surface area contributed by atoms with Crippen LogP contribution in [-0.2, 0) is 0 Å². The Morgan fingerprint density at radius 3 is 2.70 bits per heavy atom. The Balaban J connectivity index is 1.95. The Hall–Kier alpha value is -1.62. The summed E-state index contributed by atoms with van der Waals surface area (Å²) in [6.45, 7) is 4.77. The lowest BCUT2D eigenvalue weighted by Gasteiger charge is -2.37. The van der Waals surface area contributed by atoms with Gasteiger partial charge in [0.25, 0.3) is 5.91 Å². The zero-order valence-electron chi connectivity index (χ0n) is 11.9. The average Bonchev–Trinajstić information content (AvgIpc) is 2.40. The predicted octanol–water partition coefficient (Wildman–Crippen LogP) is 1.99. The van der Waals surface area contributed by atoms with Crippen LogP contribution in [0.2, 0.25) is 0 Å². The van der Waals surface area contributed by atoms with Gasteiger partial charge in [0.2, 0.25) is 0 Å². The molecule has 0 spiro atoms. The average molecular weight is 280 g/mol. The summed E-state index contributed by atoms with van der Waals surface area (Å²) < 4.78 is 12.9. The first-order valence-electron chi connectivity index (χ1n) is 6.85. The summed E-state index contributed by atoms with van der Waals surface area (Å²) in [7, 11) is 2.09. The number of halogens is 1. The molecule has 1 aliphatic heterocycles. The number of aromatic hydroxyl groups is 1. The molecule has 0 radical (unpaired) electrons. The van der Waals surface area contributed by atoms with Gasteiger partial charge < -0.3 is 15.3 Å². The molecule has 0 bridgehead atoms. The van der Waals surface area contributed by atoms with Crippen LogP contribution in [0.3, 0.4) is 0 Å². The van der Waals surface area contributed by atoms with E-state index in [1.807, 2.05) is 0 Å². The second kappa shape index (κ2) is 5.79. The van der Waals surface area contributed by atoms with Gasteiger partial charge in [-0.1, -0.05) is 6.92 Å². The van der Waals surface area contributed by atoms with Gasteiger partial charge in [-0.05, 0) is 50.5 Å². The van der Waals surface area contributed by atoms with Gasteiger partial charge in [-0.15, -0.1) is 0 Å². The number of likely N-dealkylation sites (tertiary alicyclic amines) is 1. The van der Waals surface area contributed by atoms with Crippen LogP contribution < -0.4 is 5.32 Å². The molecule has 0 aromatic heterocycles. The summed E-state index contributed by atoms with van der Waals surface area (Å²) in [6.07, 6.45) is 2.05. The molecule has 0 atom stereocenters. The molecular weight excluding hydrogens is 259 g/mol. The molecule has 0 aliphatic carbocycles. The van der Waals surface area contributed by atoms with E-state index >= 15 is 0 Å². The number of piperidine rings is 1. The van der Waals surface area contributed by atoms with Gasteiger partial charge in [0, 0.05) is 12.6 Å². The van der Waals surface area contributed by atoms with E-state index in [1.165, 1.54) is 12.1 Å². The summed E-state index contributed by atoms with van der Waals surface area (Å²) in [4.78, 5) is 14.3. The van der Waals surface area contributed by atoms with Crippen LogP contribution in [0.25, 0.3) is 0 Å². The molecule has 2 rings (SSSR count). The summed E-state index contributed by atoms with van der Waals surface area (Å²) in [5, 5.41) is 12.4. The third-order valence-electron chi connectivity index (χ3n) is 4.07. The third-order valence-corrected chi connectivity index (χ3v) is 4.07. The van der Waals surface area contributed by atoms with E-state index in [0.29, 0.717) is 6.54 Å².